The second kappa shape index (κ2) is 6.12. The molecule has 2 fully saturated rings. The Hall–Kier alpha value is -1.89. The molecule has 0 spiro atoms. The molecule has 1 aliphatic carbocycles. The van der Waals surface area contributed by atoms with Crippen LogP contribution in [0.15, 0.2) is 30.5 Å². The van der Waals surface area contributed by atoms with Crippen molar-refractivity contribution in [2.24, 2.45) is 11.8 Å². The quantitative estimate of drug-likeness (QED) is 0.743. The van der Waals surface area contributed by atoms with Gasteiger partial charge in [-0.1, -0.05) is 29.9 Å². The van der Waals surface area contributed by atoms with E-state index in [2.05, 4.69) is 9.88 Å². The van der Waals surface area contributed by atoms with Crippen molar-refractivity contribution < 1.29 is 18.0 Å². The molecule has 3 nitrogen and oxygen atoms in total. The van der Waals surface area contributed by atoms with E-state index in [1.54, 1.807) is 0 Å². The summed E-state index contributed by atoms with van der Waals surface area (Å²) in [5.74, 6) is 1.02. The molecule has 2 aromatic rings. The van der Waals surface area contributed by atoms with Crippen LogP contribution in [0.25, 0.3) is 0 Å². The summed E-state index contributed by atoms with van der Waals surface area (Å²) >= 11 is 1.27. The number of thiazole rings is 1. The SMILES string of the molecule is O=C(c1cccc(C(F)(F)F)c1)c1cnc(N2C[C@H]3CCC[C@H]3C2)s1. The maximum atomic E-state index is 12.8. The summed E-state index contributed by atoms with van der Waals surface area (Å²) in [6, 6.07) is 4.55. The minimum atomic E-state index is -4.46. The normalized spacial score (nSPS) is 23.1. The standard InChI is InChI=1S/C18H17F3N2OS/c19-18(20,21)14-6-2-3-11(7-14)16(24)15-8-22-17(25-15)23-9-12-4-1-5-13(12)10-23/h2-3,6-8,12-13H,1,4-5,9-10H2/t12-,13+. The molecule has 0 unspecified atom stereocenters. The van der Waals surface area contributed by atoms with Crippen molar-refractivity contribution in [1.82, 2.24) is 4.98 Å². The van der Waals surface area contributed by atoms with Crippen LogP contribution in [-0.4, -0.2) is 23.9 Å². The zero-order chi connectivity index (χ0) is 17.6. The van der Waals surface area contributed by atoms with Gasteiger partial charge in [0.25, 0.3) is 0 Å². The van der Waals surface area contributed by atoms with E-state index in [0.29, 0.717) is 16.7 Å². The third-order valence-corrected chi connectivity index (χ3v) is 6.22. The largest absolute Gasteiger partial charge is 0.416 e. The van der Waals surface area contributed by atoms with Gasteiger partial charge in [-0.3, -0.25) is 4.79 Å². The summed E-state index contributed by atoms with van der Waals surface area (Å²) in [7, 11) is 0. The molecular weight excluding hydrogens is 349 g/mol. The number of nitrogens with zero attached hydrogens (tertiary/aromatic N) is 2. The fourth-order valence-corrected chi connectivity index (χ4v) is 4.78. The molecule has 7 heteroatoms. The Balaban J connectivity index is 1.53. The summed E-state index contributed by atoms with van der Waals surface area (Å²) in [6.07, 6.45) is 0.824. The molecule has 0 N–H and O–H groups in total. The number of ketones is 1. The molecule has 4 rings (SSSR count). The van der Waals surface area contributed by atoms with Crippen LogP contribution in [0.1, 0.15) is 40.1 Å². The Kier molecular flexibility index (Phi) is 4.06. The topological polar surface area (TPSA) is 33.2 Å². The number of rotatable bonds is 3. The molecular formula is C18H17F3N2OS. The number of benzene rings is 1. The van der Waals surface area contributed by atoms with E-state index in [0.717, 1.165) is 30.4 Å². The number of hydrogen-bond donors (Lipinski definition) is 0. The van der Waals surface area contributed by atoms with E-state index < -0.39 is 17.5 Å². The molecule has 0 bridgehead atoms. The van der Waals surface area contributed by atoms with Gasteiger partial charge < -0.3 is 4.90 Å². The number of alkyl halides is 3. The lowest BCUT2D eigenvalue weighted by molar-refractivity contribution is -0.137. The van der Waals surface area contributed by atoms with Crippen molar-refractivity contribution in [2.45, 2.75) is 25.4 Å². The Bertz CT molecular complexity index is 790. The Morgan fingerprint density at radius 1 is 1.20 bits per heavy atom. The minimum Gasteiger partial charge on any atom is -0.348 e. The van der Waals surface area contributed by atoms with E-state index in [-0.39, 0.29) is 5.56 Å². The highest BCUT2D eigenvalue weighted by Crippen LogP contribution is 2.40. The molecule has 1 saturated heterocycles. The molecule has 0 amide bonds. The second-order valence-electron chi connectivity index (χ2n) is 6.77. The van der Waals surface area contributed by atoms with Crippen molar-refractivity contribution in [3.8, 4) is 0 Å². The first kappa shape index (κ1) is 16.6. The predicted molar refractivity (Wildman–Crippen MR) is 90.0 cm³/mol. The van der Waals surface area contributed by atoms with Crippen molar-refractivity contribution >= 4 is 22.3 Å². The summed E-state index contributed by atoms with van der Waals surface area (Å²) in [5, 5.41) is 0.796. The second-order valence-corrected chi connectivity index (χ2v) is 7.78. The Labute approximate surface area is 147 Å². The van der Waals surface area contributed by atoms with Crippen LogP contribution in [0.5, 0.6) is 0 Å². The van der Waals surface area contributed by atoms with Gasteiger partial charge in [-0.05, 0) is 36.8 Å². The Morgan fingerprint density at radius 2 is 1.92 bits per heavy atom. The lowest BCUT2D eigenvalue weighted by Gasteiger charge is -2.15. The molecule has 1 aliphatic heterocycles. The monoisotopic (exact) mass is 366 g/mol. The first-order valence-electron chi connectivity index (χ1n) is 8.34. The predicted octanol–water partition coefficient (Wildman–Crippen LogP) is 4.63. The van der Waals surface area contributed by atoms with Gasteiger partial charge in [-0.15, -0.1) is 0 Å². The fourth-order valence-electron chi connectivity index (χ4n) is 3.89. The molecule has 0 radical (unpaired) electrons. The summed E-state index contributed by atoms with van der Waals surface area (Å²) in [6.45, 7) is 1.94. The number of carbonyl (C=O) groups is 1. The third-order valence-electron chi connectivity index (χ3n) is 5.17. The smallest absolute Gasteiger partial charge is 0.348 e. The van der Waals surface area contributed by atoms with Gasteiger partial charge >= 0.3 is 6.18 Å². The fraction of sp³-hybridized carbons (Fsp3) is 0.444. The zero-order valence-electron chi connectivity index (χ0n) is 13.4. The number of aromatic nitrogens is 1. The van der Waals surface area contributed by atoms with Crippen LogP contribution in [0.2, 0.25) is 0 Å². The minimum absolute atomic E-state index is 0.0447. The summed E-state index contributed by atoms with van der Waals surface area (Å²) < 4.78 is 38.5. The highest BCUT2D eigenvalue weighted by atomic mass is 32.1. The van der Waals surface area contributed by atoms with E-state index in [1.807, 2.05) is 0 Å². The van der Waals surface area contributed by atoms with Gasteiger partial charge in [-0.2, -0.15) is 13.2 Å². The average Bonchev–Trinajstić information content (AvgIpc) is 3.28. The van der Waals surface area contributed by atoms with Crippen molar-refractivity contribution in [3.05, 3.63) is 46.5 Å². The maximum Gasteiger partial charge on any atom is 0.416 e. The van der Waals surface area contributed by atoms with Crippen molar-refractivity contribution in [1.29, 1.82) is 0 Å². The molecule has 2 aliphatic rings. The third kappa shape index (κ3) is 3.17. The van der Waals surface area contributed by atoms with Crippen molar-refractivity contribution in [3.63, 3.8) is 0 Å². The molecule has 132 valence electrons. The first-order chi connectivity index (χ1) is 11.9. The van der Waals surface area contributed by atoms with E-state index in [4.69, 9.17) is 0 Å². The first-order valence-corrected chi connectivity index (χ1v) is 9.16. The lowest BCUT2D eigenvalue weighted by Crippen LogP contribution is -2.20. The highest BCUT2D eigenvalue weighted by molar-refractivity contribution is 7.17. The van der Waals surface area contributed by atoms with E-state index in [1.165, 1.54) is 48.9 Å². The maximum absolute atomic E-state index is 12.8. The van der Waals surface area contributed by atoms with Crippen LogP contribution in [0, 0.1) is 11.8 Å². The van der Waals surface area contributed by atoms with Gasteiger partial charge in [-0.25, -0.2) is 4.98 Å². The molecule has 2 atom stereocenters. The van der Waals surface area contributed by atoms with Crippen LogP contribution in [0.3, 0.4) is 0 Å². The summed E-state index contributed by atoms with van der Waals surface area (Å²) in [5.41, 5.74) is -0.765. The number of fused-ring (bicyclic) bond motifs is 1. The molecule has 1 aromatic heterocycles. The van der Waals surface area contributed by atoms with Crippen LogP contribution in [0.4, 0.5) is 18.3 Å². The number of hydrogen-bond acceptors (Lipinski definition) is 4. The van der Waals surface area contributed by atoms with Crippen LogP contribution < -0.4 is 4.90 Å². The number of anilines is 1. The van der Waals surface area contributed by atoms with Gasteiger partial charge in [0, 0.05) is 18.7 Å². The van der Waals surface area contributed by atoms with E-state index in [9.17, 15) is 18.0 Å². The molecule has 1 aromatic carbocycles. The number of halogens is 3. The molecule has 2 heterocycles. The molecule has 25 heavy (non-hydrogen) atoms. The lowest BCUT2D eigenvalue weighted by atomic mass is 10.0. The molecule has 1 saturated carbocycles. The van der Waals surface area contributed by atoms with Crippen molar-refractivity contribution in [2.75, 3.05) is 18.0 Å². The van der Waals surface area contributed by atoms with Gasteiger partial charge in [0.2, 0.25) is 5.78 Å². The Morgan fingerprint density at radius 3 is 2.60 bits per heavy atom. The van der Waals surface area contributed by atoms with Crippen LogP contribution in [-0.2, 0) is 6.18 Å². The van der Waals surface area contributed by atoms with E-state index >= 15 is 0 Å². The van der Waals surface area contributed by atoms with Gasteiger partial charge in [0.15, 0.2) is 5.13 Å². The van der Waals surface area contributed by atoms with Gasteiger partial charge in [0.05, 0.1) is 16.6 Å². The van der Waals surface area contributed by atoms with Crippen LogP contribution >= 0.6 is 11.3 Å². The zero-order valence-corrected chi connectivity index (χ0v) is 14.2. The van der Waals surface area contributed by atoms with Gasteiger partial charge in [0.1, 0.15) is 0 Å². The average molecular weight is 366 g/mol. The summed E-state index contributed by atoms with van der Waals surface area (Å²) in [4.78, 5) is 19.5. The number of carbonyl (C=O) groups excluding carboxylic acids is 1. The highest BCUT2D eigenvalue weighted by Gasteiger charge is 2.37.